The SMILES string of the molecule is C[N+](C)(C)CCO.C[N+](C)(C)CCO.C[N+](C)(C)CCO.C[N+](C)(C)CCO.O.O.O=C([O-])CCC(=O)[O-].[Cl-].[Cl-]. The van der Waals surface area contributed by atoms with Crippen LogP contribution in [0.5, 0.6) is 0 Å². The number of aliphatic carboxylic acids is 2. The molecule has 0 bridgehead atoms. The molecule has 0 atom stereocenters. The van der Waals surface area contributed by atoms with Crippen molar-refractivity contribution in [2.24, 2.45) is 0 Å². The standard InChI is InChI=1S/4C5H14NO.C4H6O4.2ClH.2H2O/c4*1-6(2,3)4-5-7;5-3(6)1-2-4(7)8;;;;/h4*7H,4-5H2,1-3H3;1-2H2,(H,5,6)(H,7,8);2*1H;2*1H2/q4*+1;;;;;/p-4. The summed E-state index contributed by atoms with van der Waals surface area (Å²) in [7, 11) is 24.6. The summed E-state index contributed by atoms with van der Waals surface area (Å²) in [4.78, 5) is 19.0. The predicted molar refractivity (Wildman–Crippen MR) is 146 cm³/mol. The Morgan fingerprint density at radius 3 is 0.600 bits per heavy atom. The van der Waals surface area contributed by atoms with Crippen LogP contribution in [0.15, 0.2) is 0 Å². The summed E-state index contributed by atoms with van der Waals surface area (Å²) < 4.78 is 3.38. The van der Waals surface area contributed by atoms with Crippen LogP contribution in [0.2, 0.25) is 0 Å². The molecular weight excluding hydrogens is 575 g/mol. The van der Waals surface area contributed by atoms with E-state index in [2.05, 4.69) is 84.6 Å². The summed E-state index contributed by atoms with van der Waals surface area (Å²) in [6, 6.07) is 0. The summed E-state index contributed by atoms with van der Waals surface area (Å²) >= 11 is 0. The second kappa shape index (κ2) is 34.3. The highest BCUT2D eigenvalue weighted by Gasteiger charge is 2.04. The molecule has 0 aliphatic rings. The Labute approximate surface area is 255 Å². The van der Waals surface area contributed by atoms with Crippen LogP contribution in [0, 0.1) is 0 Å². The van der Waals surface area contributed by atoms with E-state index in [1.807, 2.05) is 0 Å². The molecule has 40 heavy (non-hydrogen) atoms. The van der Waals surface area contributed by atoms with E-state index in [9.17, 15) is 19.8 Å². The number of rotatable bonds is 11. The highest BCUT2D eigenvalue weighted by Crippen LogP contribution is 1.86. The van der Waals surface area contributed by atoms with Crippen LogP contribution in [0.25, 0.3) is 0 Å². The monoisotopic (exact) mass is 638 g/mol. The van der Waals surface area contributed by atoms with Crippen molar-refractivity contribution in [3.05, 3.63) is 0 Å². The van der Waals surface area contributed by atoms with Gasteiger partial charge in [-0.05, 0) is 12.8 Å². The Balaban J connectivity index is -0.0000000419. The van der Waals surface area contributed by atoms with Gasteiger partial charge in [0.2, 0.25) is 0 Å². The molecule has 0 fully saturated rings. The molecule has 254 valence electrons. The molecule has 0 heterocycles. The van der Waals surface area contributed by atoms with Gasteiger partial charge in [0.15, 0.2) is 0 Å². The number of quaternary nitrogens is 4. The van der Waals surface area contributed by atoms with Crippen molar-refractivity contribution in [3.8, 4) is 0 Å². The second-order valence-corrected chi connectivity index (χ2v) is 12.2. The minimum atomic E-state index is -1.37. The predicted octanol–water partition coefficient (Wildman–Crippen LogP) is -11.6. The average molecular weight is 640 g/mol. The molecule has 0 saturated heterocycles. The van der Waals surface area contributed by atoms with Gasteiger partial charge in [0.1, 0.15) is 26.2 Å². The number of hydrogen-bond acceptors (Lipinski definition) is 8. The lowest BCUT2D eigenvalue weighted by Crippen LogP contribution is -3.00. The molecule has 8 N–H and O–H groups in total. The van der Waals surface area contributed by atoms with E-state index in [0.717, 1.165) is 44.1 Å². The number of likely N-dealkylation sites (N-methyl/N-ethyl adjacent to an activating group) is 4. The van der Waals surface area contributed by atoms with Gasteiger partial charge in [-0.1, -0.05) is 0 Å². The molecular formula is C24H64Cl2N4O10. The molecule has 0 spiro atoms. The van der Waals surface area contributed by atoms with Gasteiger partial charge in [-0.25, -0.2) is 0 Å². The fraction of sp³-hybridized carbons (Fsp3) is 0.917. The lowest BCUT2D eigenvalue weighted by atomic mass is 10.3. The van der Waals surface area contributed by atoms with Crippen LogP contribution in [0.3, 0.4) is 0 Å². The van der Waals surface area contributed by atoms with Crippen molar-refractivity contribution >= 4 is 11.9 Å². The van der Waals surface area contributed by atoms with Gasteiger partial charge in [-0.2, -0.15) is 0 Å². The lowest BCUT2D eigenvalue weighted by molar-refractivity contribution is -0.870. The normalized spacial score (nSPS) is 10.1. The molecule has 16 heteroatoms. The zero-order chi connectivity index (χ0) is 30.2. The zero-order valence-corrected chi connectivity index (χ0v) is 28.5. The Hall–Kier alpha value is -0.880. The third-order valence-electron chi connectivity index (χ3n) is 3.62. The van der Waals surface area contributed by atoms with Crippen molar-refractivity contribution in [3.63, 3.8) is 0 Å². The fourth-order valence-corrected chi connectivity index (χ4v) is 1.40. The number of hydrogen-bond donors (Lipinski definition) is 4. The average Bonchev–Trinajstić information content (AvgIpc) is 2.58. The first kappa shape index (κ1) is 62.7. The zero-order valence-electron chi connectivity index (χ0n) is 27.0. The van der Waals surface area contributed by atoms with Crippen LogP contribution in [0.4, 0.5) is 0 Å². The molecule has 0 aliphatic carbocycles. The van der Waals surface area contributed by atoms with Gasteiger partial charge in [-0.15, -0.1) is 0 Å². The number of carboxylic acid groups (broad SMARTS) is 2. The smallest absolute Gasteiger partial charge is 0.101 e. The molecule has 0 aromatic rings. The van der Waals surface area contributed by atoms with Gasteiger partial charge in [-0.3, -0.25) is 0 Å². The Bertz CT molecular complexity index is 444. The first-order chi connectivity index (χ1) is 15.9. The van der Waals surface area contributed by atoms with E-state index < -0.39 is 24.8 Å². The summed E-state index contributed by atoms with van der Waals surface area (Å²) in [6.07, 6.45) is -0.940. The first-order valence-electron chi connectivity index (χ1n) is 11.9. The fourth-order valence-electron chi connectivity index (χ4n) is 1.40. The number of halogens is 2. The van der Waals surface area contributed by atoms with Gasteiger partial charge in [0, 0.05) is 11.9 Å². The van der Waals surface area contributed by atoms with Gasteiger partial charge < -0.3 is 93.9 Å². The Morgan fingerprint density at radius 1 is 0.450 bits per heavy atom. The lowest BCUT2D eigenvalue weighted by Gasteiger charge is -2.21. The Kier molecular flexibility index (Phi) is 53.8. The van der Waals surface area contributed by atoms with E-state index in [1.54, 1.807) is 0 Å². The summed E-state index contributed by atoms with van der Waals surface area (Å²) in [6.45, 7) is 4.46. The minimum Gasteiger partial charge on any atom is -1.00 e. The third-order valence-corrected chi connectivity index (χ3v) is 3.62. The molecule has 0 unspecified atom stereocenters. The number of carbonyl (C=O) groups excluding carboxylic acids is 2. The van der Waals surface area contributed by atoms with Crippen molar-refractivity contribution in [1.29, 1.82) is 0 Å². The first-order valence-corrected chi connectivity index (χ1v) is 11.9. The Morgan fingerprint density at radius 2 is 0.575 bits per heavy atom. The summed E-state index contributed by atoms with van der Waals surface area (Å²) in [5.74, 6) is -2.73. The quantitative estimate of drug-likeness (QED) is 0.159. The van der Waals surface area contributed by atoms with E-state index in [1.165, 1.54) is 0 Å². The number of carbonyl (C=O) groups is 2. The number of carboxylic acids is 2. The maximum absolute atomic E-state index is 9.50. The van der Waals surface area contributed by atoms with E-state index in [4.69, 9.17) is 20.4 Å². The van der Waals surface area contributed by atoms with E-state index in [-0.39, 0.29) is 62.2 Å². The van der Waals surface area contributed by atoms with Crippen LogP contribution in [-0.4, -0.2) is 198 Å². The molecule has 14 nitrogen and oxygen atoms in total. The van der Waals surface area contributed by atoms with Crippen LogP contribution < -0.4 is 35.0 Å². The van der Waals surface area contributed by atoms with Crippen molar-refractivity contribution in [1.82, 2.24) is 0 Å². The summed E-state index contributed by atoms with van der Waals surface area (Å²) in [5, 5.41) is 52.5. The van der Waals surface area contributed by atoms with E-state index >= 15 is 0 Å². The van der Waals surface area contributed by atoms with Crippen molar-refractivity contribution in [2.75, 3.05) is 137 Å². The van der Waals surface area contributed by atoms with Crippen molar-refractivity contribution in [2.45, 2.75) is 12.8 Å². The second-order valence-electron chi connectivity index (χ2n) is 12.2. The summed E-state index contributed by atoms with van der Waals surface area (Å²) in [5.41, 5.74) is 0. The van der Waals surface area contributed by atoms with Gasteiger partial charge in [0.05, 0.1) is 111 Å². The maximum Gasteiger partial charge on any atom is 0.101 e. The highest BCUT2D eigenvalue weighted by atomic mass is 35.5. The third kappa shape index (κ3) is 120. The molecule has 0 saturated carbocycles. The number of aliphatic hydroxyl groups excluding tert-OH is 4. The molecule has 0 aromatic carbocycles. The maximum atomic E-state index is 9.50. The van der Waals surface area contributed by atoms with E-state index in [0.29, 0.717) is 0 Å². The molecule has 0 radical (unpaired) electrons. The minimum absolute atomic E-state index is 0. The molecule has 0 aliphatic heterocycles. The van der Waals surface area contributed by atoms with Crippen LogP contribution in [0.1, 0.15) is 12.8 Å². The van der Waals surface area contributed by atoms with Crippen LogP contribution in [-0.2, 0) is 9.59 Å². The largest absolute Gasteiger partial charge is 1.00 e. The molecule has 0 aromatic heterocycles. The number of nitrogens with zero attached hydrogens (tertiary/aromatic N) is 4. The van der Waals surface area contributed by atoms with Crippen molar-refractivity contribution < 1.29 is 93.9 Å². The van der Waals surface area contributed by atoms with Gasteiger partial charge >= 0.3 is 0 Å². The molecule has 0 amide bonds. The highest BCUT2D eigenvalue weighted by molar-refractivity contribution is 5.72. The number of aliphatic hydroxyl groups is 4. The van der Waals surface area contributed by atoms with Gasteiger partial charge in [0.25, 0.3) is 0 Å². The van der Waals surface area contributed by atoms with Crippen LogP contribution >= 0.6 is 0 Å². The topological polar surface area (TPSA) is 224 Å². The molecule has 0 rings (SSSR count).